The lowest BCUT2D eigenvalue weighted by Crippen LogP contribution is -2.24. The van der Waals surface area contributed by atoms with Crippen LogP contribution in [0.3, 0.4) is 0 Å². The highest BCUT2D eigenvalue weighted by Gasteiger charge is 2.11. The molecule has 0 unspecified atom stereocenters. The van der Waals surface area contributed by atoms with Crippen LogP contribution in [0.2, 0.25) is 0 Å². The third-order valence-corrected chi connectivity index (χ3v) is 4.61. The Balaban J connectivity index is 0.000000235. The molecule has 0 aliphatic carbocycles. The first-order valence-corrected chi connectivity index (χ1v) is 10.4. The monoisotopic (exact) mass is 434 g/mol. The van der Waals surface area contributed by atoms with Crippen molar-refractivity contribution in [2.45, 2.75) is 27.7 Å². The van der Waals surface area contributed by atoms with E-state index in [4.69, 9.17) is 9.47 Å². The van der Waals surface area contributed by atoms with Crippen LogP contribution in [0.25, 0.3) is 0 Å². The van der Waals surface area contributed by atoms with Gasteiger partial charge < -0.3 is 20.1 Å². The molecular weight excluding hydrogens is 404 g/mol. The summed E-state index contributed by atoms with van der Waals surface area (Å²) in [5.74, 6) is 1.98. The SMILES string of the molecule is CCNC(=O)c1c(C)cc(C)cc1C.COc1cccc(Oc2ccccc2NC=O)c1. The molecule has 0 radical (unpaired) electrons. The second kappa shape index (κ2) is 12.2. The molecule has 168 valence electrons. The molecule has 0 fully saturated rings. The highest BCUT2D eigenvalue weighted by atomic mass is 16.5. The third kappa shape index (κ3) is 6.87. The summed E-state index contributed by atoms with van der Waals surface area (Å²) in [6.45, 7) is 8.60. The quantitative estimate of drug-likeness (QED) is 0.487. The normalized spacial score (nSPS) is 9.78. The van der Waals surface area contributed by atoms with Crippen LogP contribution in [-0.2, 0) is 4.79 Å². The number of benzene rings is 3. The molecule has 0 bridgehead atoms. The molecule has 3 rings (SSSR count). The van der Waals surface area contributed by atoms with Gasteiger partial charge in [0.25, 0.3) is 5.91 Å². The molecule has 2 amide bonds. The van der Waals surface area contributed by atoms with E-state index in [1.54, 1.807) is 25.3 Å². The van der Waals surface area contributed by atoms with Gasteiger partial charge in [-0.15, -0.1) is 0 Å². The summed E-state index contributed by atoms with van der Waals surface area (Å²) in [6, 6.07) is 18.6. The van der Waals surface area contributed by atoms with Crippen molar-refractivity contribution in [1.82, 2.24) is 5.32 Å². The Bertz CT molecular complexity index is 1040. The van der Waals surface area contributed by atoms with Gasteiger partial charge in [0, 0.05) is 18.2 Å². The zero-order valence-electron chi connectivity index (χ0n) is 19.2. The van der Waals surface area contributed by atoms with Crippen LogP contribution in [0, 0.1) is 20.8 Å². The van der Waals surface area contributed by atoms with E-state index in [2.05, 4.69) is 10.6 Å². The molecule has 0 spiro atoms. The minimum atomic E-state index is 0.0301. The predicted molar refractivity (Wildman–Crippen MR) is 128 cm³/mol. The minimum Gasteiger partial charge on any atom is -0.497 e. The number of carbonyl (C=O) groups is 2. The lowest BCUT2D eigenvalue weighted by Gasteiger charge is -2.10. The molecule has 2 N–H and O–H groups in total. The Morgan fingerprint density at radius 3 is 2.22 bits per heavy atom. The molecule has 0 aliphatic heterocycles. The highest BCUT2D eigenvalue weighted by molar-refractivity contribution is 5.97. The summed E-state index contributed by atoms with van der Waals surface area (Å²) in [6.07, 6.45) is 0.619. The first kappa shape index (κ1) is 24.5. The number of ether oxygens (including phenoxy) is 2. The van der Waals surface area contributed by atoms with Gasteiger partial charge in [-0.3, -0.25) is 9.59 Å². The van der Waals surface area contributed by atoms with Gasteiger partial charge >= 0.3 is 0 Å². The standard InChI is InChI=1S/C14H13NO3.C12H17NO/c1-17-11-5-4-6-12(9-11)18-14-8-3-2-7-13(14)15-10-16;1-5-13-12(14)11-9(3)6-8(2)7-10(11)4/h2-10H,1H3,(H,15,16);6-7H,5H2,1-4H3,(H,13,14). The number of carbonyl (C=O) groups excluding carboxylic acids is 2. The molecule has 0 aliphatic rings. The van der Waals surface area contributed by atoms with Gasteiger partial charge in [-0.2, -0.15) is 0 Å². The van der Waals surface area contributed by atoms with Crippen LogP contribution in [0.1, 0.15) is 34.0 Å². The number of nitrogens with one attached hydrogen (secondary N) is 2. The Hall–Kier alpha value is -3.80. The number of hydrogen-bond acceptors (Lipinski definition) is 4. The van der Waals surface area contributed by atoms with Gasteiger partial charge in [-0.05, 0) is 63.1 Å². The average molecular weight is 435 g/mol. The van der Waals surface area contributed by atoms with Crippen molar-refractivity contribution >= 4 is 18.0 Å². The number of para-hydroxylation sites is 2. The number of aryl methyl sites for hydroxylation is 3. The van der Waals surface area contributed by atoms with Crippen LogP contribution < -0.4 is 20.1 Å². The zero-order chi connectivity index (χ0) is 23.5. The number of amides is 2. The fourth-order valence-corrected chi connectivity index (χ4v) is 3.32. The van der Waals surface area contributed by atoms with Crippen molar-refractivity contribution in [1.29, 1.82) is 0 Å². The molecule has 3 aromatic rings. The molecule has 0 aromatic heterocycles. The van der Waals surface area contributed by atoms with Crippen LogP contribution in [0.5, 0.6) is 17.2 Å². The van der Waals surface area contributed by atoms with Crippen molar-refractivity contribution in [3.8, 4) is 17.2 Å². The average Bonchev–Trinajstić information content (AvgIpc) is 2.75. The predicted octanol–water partition coefficient (Wildman–Crippen LogP) is 5.42. The zero-order valence-corrected chi connectivity index (χ0v) is 19.2. The van der Waals surface area contributed by atoms with Crippen molar-refractivity contribution < 1.29 is 19.1 Å². The lowest BCUT2D eigenvalue weighted by molar-refractivity contribution is -0.105. The molecule has 0 saturated carbocycles. The summed E-state index contributed by atoms with van der Waals surface area (Å²) in [4.78, 5) is 22.2. The molecule has 0 heterocycles. The molecular formula is C26H30N2O4. The van der Waals surface area contributed by atoms with Gasteiger partial charge in [0.2, 0.25) is 6.41 Å². The molecule has 3 aromatic carbocycles. The fourth-order valence-electron chi connectivity index (χ4n) is 3.32. The van der Waals surface area contributed by atoms with E-state index in [1.807, 2.05) is 70.2 Å². The van der Waals surface area contributed by atoms with Crippen molar-refractivity contribution in [3.63, 3.8) is 0 Å². The molecule has 0 saturated heterocycles. The van der Waals surface area contributed by atoms with E-state index in [0.717, 1.165) is 16.7 Å². The van der Waals surface area contributed by atoms with E-state index in [0.29, 0.717) is 35.9 Å². The first-order valence-electron chi connectivity index (χ1n) is 10.4. The van der Waals surface area contributed by atoms with Crippen molar-refractivity contribution in [2.75, 3.05) is 19.0 Å². The second-order valence-corrected chi connectivity index (χ2v) is 7.17. The van der Waals surface area contributed by atoms with E-state index < -0.39 is 0 Å². The maximum atomic E-state index is 11.7. The lowest BCUT2D eigenvalue weighted by atomic mass is 9.99. The van der Waals surface area contributed by atoms with Gasteiger partial charge in [-0.25, -0.2) is 0 Å². The summed E-state index contributed by atoms with van der Waals surface area (Å²) < 4.78 is 10.8. The summed E-state index contributed by atoms with van der Waals surface area (Å²) in [5, 5.41) is 5.41. The van der Waals surface area contributed by atoms with Gasteiger partial charge in [-0.1, -0.05) is 35.9 Å². The summed E-state index contributed by atoms with van der Waals surface area (Å²) in [5.41, 5.74) is 4.74. The molecule has 6 heteroatoms. The summed E-state index contributed by atoms with van der Waals surface area (Å²) >= 11 is 0. The van der Waals surface area contributed by atoms with Crippen LogP contribution in [-0.4, -0.2) is 26.0 Å². The number of anilines is 1. The Kier molecular flexibility index (Phi) is 9.29. The molecule has 6 nitrogen and oxygen atoms in total. The van der Waals surface area contributed by atoms with Crippen LogP contribution in [0.4, 0.5) is 5.69 Å². The topological polar surface area (TPSA) is 76.7 Å². The van der Waals surface area contributed by atoms with Crippen molar-refractivity contribution in [2.24, 2.45) is 0 Å². The smallest absolute Gasteiger partial charge is 0.251 e. The Labute approximate surface area is 189 Å². The number of methoxy groups -OCH3 is 1. The largest absolute Gasteiger partial charge is 0.497 e. The fraction of sp³-hybridized carbons (Fsp3) is 0.231. The molecule has 0 atom stereocenters. The Morgan fingerprint density at radius 1 is 0.938 bits per heavy atom. The highest BCUT2D eigenvalue weighted by Crippen LogP contribution is 2.30. The van der Waals surface area contributed by atoms with Crippen LogP contribution in [0.15, 0.2) is 60.7 Å². The van der Waals surface area contributed by atoms with E-state index >= 15 is 0 Å². The number of rotatable bonds is 7. The Morgan fingerprint density at radius 2 is 1.59 bits per heavy atom. The maximum Gasteiger partial charge on any atom is 0.251 e. The second-order valence-electron chi connectivity index (χ2n) is 7.17. The van der Waals surface area contributed by atoms with Gasteiger partial charge in [0.05, 0.1) is 12.8 Å². The van der Waals surface area contributed by atoms with Gasteiger partial charge in [0.1, 0.15) is 11.5 Å². The third-order valence-electron chi connectivity index (χ3n) is 4.61. The maximum absolute atomic E-state index is 11.7. The summed E-state index contributed by atoms with van der Waals surface area (Å²) in [7, 11) is 1.60. The first-order chi connectivity index (χ1) is 15.4. The van der Waals surface area contributed by atoms with Gasteiger partial charge in [0.15, 0.2) is 5.75 Å². The molecule has 32 heavy (non-hydrogen) atoms. The van der Waals surface area contributed by atoms with E-state index in [9.17, 15) is 9.59 Å². The minimum absolute atomic E-state index is 0.0301. The van der Waals surface area contributed by atoms with Crippen LogP contribution >= 0.6 is 0 Å². The number of hydrogen-bond donors (Lipinski definition) is 2. The van der Waals surface area contributed by atoms with E-state index in [-0.39, 0.29) is 5.91 Å². The van der Waals surface area contributed by atoms with E-state index in [1.165, 1.54) is 5.56 Å². The van der Waals surface area contributed by atoms with Crippen molar-refractivity contribution in [3.05, 3.63) is 82.9 Å².